The number of likely N-dealkylation sites (tertiary alicyclic amines) is 1. The van der Waals surface area contributed by atoms with E-state index in [4.69, 9.17) is 4.98 Å². The number of carbonyl (C=O) groups excluding carboxylic acids is 1. The number of carbonyl (C=O) groups is 1. The lowest BCUT2D eigenvalue weighted by molar-refractivity contribution is -0.140. The van der Waals surface area contributed by atoms with Crippen molar-refractivity contribution in [1.82, 2.24) is 29.5 Å². The molecule has 0 bridgehead atoms. The standard InChI is InChI=1S/C27H34N7OSi/c1-18-15-33(4)31-23(18)14-29-26-28-13-21-12-19(2)34(17-24(21)30-26)25(35)27(36)10-11-32(3)16-22(27)20-8-6-5-7-9-20/h5-9,13,15,19,22H,10-12,14,16-17H2,1-4H3,(H,28,29,30)/t19-,22-,27+/m1/s1. The number of amides is 1. The molecule has 3 atom stereocenters. The Labute approximate surface area is 216 Å². The first-order valence-corrected chi connectivity index (χ1v) is 13.1. The van der Waals surface area contributed by atoms with E-state index in [-0.39, 0.29) is 17.9 Å². The predicted octanol–water partition coefficient (Wildman–Crippen LogP) is 2.85. The zero-order valence-corrected chi connectivity index (χ0v) is 22.5. The highest BCUT2D eigenvalue weighted by atomic mass is 28.1. The van der Waals surface area contributed by atoms with Crippen LogP contribution in [0.3, 0.4) is 0 Å². The van der Waals surface area contributed by atoms with Gasteiger partial charge in [0.25, 0.3) is 0 Å². The summed E-state index contributed by atoms with van der Waals surface area (Å²) in [6.07, 6.45) is 5.41. The van der Waals surface area contributed by atoms with Gasteiger partial charge in [-0.2, -0.15) is 5.10 Å². The number of rotatable bonds is 5. The zero-order valence-electron chi connectivity index (χ0n) is 21.5. The van der Waals surface area contributed by atoms with Crippen LogP contribution in [0.15, 0.2) is 42.7 Å². The average molecular weight is 501 g/mol. The molecule has 36 heavy (non-hydrogen) atoms. The number of aryl methyl sites for hydroxylation is 2. The van der Waals surface area contributed by atoms with E-state index >= 15 is 0 Å². The topological polar surface area (TPSA) is 79.2 Å². The second kappa shape index (κ2) is 9.78. The number of nitrogens with one attached hydrogen (secondary N) is 1. The van der Waals surface area contributed by atoms with E-state index in [0.29, 0.717) is 19.0 Å². The van der Waals surface area contributed by atoms with Crippen LogP contribution in [0.2, 0.25) is 5.04 Å². The van der Waals surface area contributed by atoms with E-state index in [9.17, 15) is 4.79 Å². The number of hydrogen-bond acceptors (Lipinski definition) is 6. The normalized spacial score (nSPS) is 24.4. The molecule has 0 unspecified atom stereocenters. The lowest BCUT2D eigenvalue weighted by Crippen LogP contribution is -2.53. The fourth-order valence-electron chi connectivity index (χ4n) is 5.53. The third-order valence-corrected chi connectivity index (χ3v) is 8.48. The number of benzene rings is 1. The molecule has 2 aliphatic heterocycles. The van der Waals surface area contributed by atoms with Gasteiger partial charge < -0.3 is 15.1 Å². The Hall–Kier alpha value is -3.04. The van der Waals surface area contributed by atoms with Gasteiger partial charge in [-0.3, -0.25) is 9.48 Å². The number of anilines is 1. The maximum atomic E-state index is 14.2. The summed E-state index contributed by atoms with van der Waals surface area (Å²) in [4.78, 5) is 27.9. The van der Waals surface area contributed by atoms with E-state index in [0.717, 1.165) is 48.4 Å². The smallest absolute Gasteiger partial charge is 0.226 e. The van der Waals surface area contributed by atoms with Gasteiger partial charge in [-0.25, -0.2) is 9.97 Å². The summed E-state index contributed by atoms with van der Waals surface area (Å²) in [6.45, 7) is 6.92. The van der Waals surface area contributed by atoms with Crippen molar-refractivity contribution in [3.8, 4) is 0 Å². The maximum Gasteiger partial charge on any atom is 0.226 e. The SMILES string of the molecule is Cc1cn(C)nc1CNc1ncc2c(n1)CN(C(=O)[C@]1([Si])CCN(C)C[C@@H]1c1ccccc1)[C@H](C)C2. The van der Waals surface area contributed by atoms with Crippen LogP contribution < -0.4 is 5.32 Å². The molecule has 1 fully saturated rings. The Morgan fingerprint density at radius 1 is 1.25 bits per heavy atom. The fourth-order valence-corrected chi connectivity index (χ4v) is 6.04. The molecule has 2 aromatic heterocycles. The second-order valence-electron chi connectivity index (χ2n) is 10.4. The molecule has 5 rings (SSSR count). The molecule has 1 N–H and O–H groups in total. The largest absolute Gasteiger partial charge is 0.348 e. The van der Waals surface area contributed by atoms with E-state index in [1.165, 1.54) is 5.56 Å². The van der Waals surface area contributed by atoms with Gasteiger partial charge in [0.15, 0.2) is 0 Å². The quantitative estimate of drug-likeness (QED) is 0.543. The van der Waals surface area contributed by atoms with E-state index in [1.807, 2.05) is 42.0 Å². The Morgan fingerprint density at radius 3 is 2.75 bits per heavy atom. The molecular weight excluding hydrogens is 466 g/mol. The molecule has 1 amide bonds. The van der Waals surface area contributed by atoms with Crippen molar-refractivity contribution < 1.29 is 4.79 Å². The Morgan fingerprint density at radius 2 is 2.03 bits per heavy atom. The number of fused-ring (bicyclic) bond motifs is 1. The molecule has 8 nitrogen and oxygen atoms in total. The summed E-state index contributed by atoms with van der Waals surface area (Å²) in [5, 5.41) is 7.15. The Bertz CT molecular complexity index is 1250. The third kappa shape index (κ3) is 4.69. The number of nitrogens with zero attached hydrogens (tertiary/aromatic N) is 6. The minimum Gasteiger partial charge on any atom is -0.348 e. The third-order valence-electron chi connectivity index (χ3n) is 7.67. The van der Waals surface area contributed by atoms with Crippen LogP contribution in [0.5, 0.6) is 0 Å². The van der Waals surface area contributed by atoms with Crippen LogP contribution >= 0.6 is 0 Å². The lowest BCUT2D eigenvalue weighted by Gasteiger charge is -2.48. The predicted molar refractivity (Wildman–Crippen MR) is 141 cm³/mol. The molecule has 0 spiro atoms. The lowest BCUT2D eigenvalue weighted by atomic mass is 9.78. The molecule has 2 aliphatic rings. The van der Waals surface area contributed by atoms with Crippen LogP contribution in [0.4, 0.5) is 5.95 Å². The van der Waals surface area contributed by atoms with Gasteiger partial charge in [0, 0.05) is 53.2 Å². The minimum absolute atomic E-state index is 0.0689. The number of hydrogen-bond donors (Lipinski definition) is 1. The summed E-state index contributed by atoms with van der Waals surface area (Å²) < 4.78 is 1.81. The van der Waals surface area contributed by atoms with Gasteiger partial charge in [-0.05, 0) is 57.0 Å². The summed E-state index contributed by atoms with van der Waals surface area (Å²) >= 11 is 0. The van der Waals surface area contributed by atoms with Gasteiger partial charge in [-0.15, -0.1) is 0 Å². The summed E-state index contributed by atoms with van der Waals surface area (Å²) in [5.41, 5.74) is 5.31. The van der Waals surface area contributed by atoms with Crippen molar-refractivity contribution in [2.45, 2.75) is 56.8 Å². The molecule has 0 aliphatic carbocycles. The monoisotopic (exact) mass is 500 g/mol. The molecule has 1 saturated heterocycles. The van der Waals surface area contributed by atoms with E-state index < -0.39 is 5.04 Å². The van der Waals surface area contributed by atoms with Gasteiger partial charge in [0.1, 0.15) is 0 Å². The number of piperidine rings is 1. The van der Waals surface area contributed by atoms with Crippen LogP contribution in [0, 0.1) is 6.92 Å². The van der Waals surface area contributed by atoms with Crippen molar-refractivity contribution in [2.24, 2.45) is 7.05 Å². The summed E-state index contributed by atoms with van der Waals surface area (Å²) in [7, 11) is 8.11. The van der Waals surface area contributed by atoms with Crippen molar-refractivity contribution in [1.29, 1.82) is 0 Å². The molecule has 187 valence electrons. The highest BCUT2D eigenvalue weighted by molar-refractivity contribution is 6.29. The van der Waals surface area contributed by atoms with Crippen molar-refractivity contribution in [3.63, 3.8) is 0 Å². The Balaban J connectivity index is 1.37. The average Bonchev–Trinajstić information content (AvgIpc) is 3.20. The highest BCUT2D eigenvalue weighted by Gasteiger charge is 2.48. The minimum atomic E-state index is -0.649. The maximum absolute atomic E-state index is 14.2. The number of aromatic nitrogens is 4. The van der Waals surface area contributed by atoms with E-state index in [1.54, 1.807) is 0 Å². The summed E-state index contributed by atoms with van der Waals surface area (Å²) in [6, 6.07) is 10.5. The van der Waals surface area contributed by atoms with Gasteiger partial charge >= 0.3 is 0 Å². The van der Waals surface area contributed by atoms with Gasteiger partial charge in [-0.1, -0.05) is 30.3 Å². The van der Waals surface area contributed by atoms with Crippen molar-refractivity contribution in [3.05, 3.63) is 70.8 Å². The zero-order chi connectivity index (χ0) is 25.4. The molecule has 4 heterocycles. The molecular formula is C27H34N7OSi. The van der Waals surface area contributed by atoms with Crippen molar-refractivity contribution >= 4 is 22.1 Å². The first-order valence-electron chi connectivity index (χ1n) is 12.6. The Kier molecular flexibility index (Phi) is 6.70. The number of likely N-dealkylation sites (N-methyl/N-ethyl adjacent to an activating group) is 1. The molecule has 3 radical (unpaired) electrons. The van der Waals surface area contributed by atoms with Crippen LogP contribution in [0.25, 0.3) is 0 Å². The van der Waals surface area contributed by atoms with Gasteiger partial charge in [0.05, 0.1) is 24.5 Å². The highest BCUT2D eigenvalue weighted by Crippen LogP contribution is 2.48. The van der Waals surface area contributed by atoms with Crippen LogP contribution in [-0.4, -0.2) is 71.9 Å². The van der Waals surface area contributed by atoms with E-state index in [2.05, 4.69) is 68.8 Å². The molecule has 0 saturated carbocycles. The summed E-state index contributed by atoms with van der Waals surface area (Å²) in [5.74, 6) is 0.784. The van der Waals surface area contributed by atoms with Gasteiger partial charge in [0.2, 0.25) is 11.9 Å². The first kappa shape index (κ1) is 24.6. The molecule has 1 aromatic carbocycles. The van der Waals surface area contributed by atoms with Crippen LogP contribution in [-0.2, 0) is 31.4 Å². The van der Waals surface area contributed by atoms with Crippen molar-refractivity contribution in [2.75, 3.05) is 25.5 Å². The molecule has 9 heteroatoms. The first-order chi connectivity index (χ1) is 17.2. The molecule has 3 aromatic rings. The van der Waals surface area contributed by atoms with Crippen LogP contribution in [0.1, 0.15) is 47.3 Å². The fraction of sp³-hybridized carbons (Fsp3) is 0.481. The second-order valence-corrected chi connectivity index (χ2v) is 11.3.